The molecule has 3 aromatic rings. The molecule has 1 atom stereocenters. The normalized spacial score (nSPS) is 12.9. The zero-order chi connectivity index (χ0) is 28.8. The first-order valence-corrected chi connectivity index (χ1v) is 11.0. The quantitative estimate of drug-likeness (QED) is 0.233. The van der Waals surface area contributed by atoms with Gasteiger partial charge in [-0.15, -0.1) is 0 Å². The van der Waals surface area contributed by atoms with Crippen LogP contribution >= 0.6 is 0 Å². The van der Waals surface area contributed by atoms with Gasteiger partial charge in [-0.3, -0.25) is 0 Å². The van der Waals surface area contributed by atoms with E-state index in [-0.39, 0.29) is 28.5 Å². The van der Waals surface area contributed by atoms with Gasteiger partial charge in [0.25, 0.3) is 0 Å². The van der Waals surface area contributed by atoms with Gasteiger partial charge in [0.2, 0.25) is 0 Å². The molecule has 0 radical (unpaired) electrons. The Balaban J connectivity index is 1.90. The molecule has 5 nitrogen and oxygen atoms in total. The lowest BCUT2D eigenvalue weighted by Gasteiger charge is -2.29. The predicted molar refractivity (Wildman–Crippen MR) is 121 cm³/mol. The second kappa shape index (κ2) is 12.4. The number of nitrogens with zero attached hydrogens (tertiary/aromatic N) is 1. The van der Waals surface area contributed by atoms with Gasteiger partial charge in [-0.2, -0.15) is 39.5 Å². The van der Waals surface area contributed by atoms with Gasteiger partial charge in [-0.05, 0) is 42.0 Å². The van der Waals surface area contributed by atoms with E-state index < -0.39 is 50.3 Å². The summed E-state index contributed by atoms with van der Waals surface area (Å²) >= 11 is 0. The van der Waals surface area contributed by atoms with Crippen LogP contribution in [0.4, 0.5) is 45.2 Å². The van der Waals surface area contributed by atoms with E-state index >= 15 is 0 Å². The second-order valence-electron chi connectivity index (χ2n) is 7.97. The van der Waals surface area contributed by atoms with Crippen molar-refractivity contribution in [2.24, 2.45) is 0 Å². The molecule has 0 fully saturated rings. The number of alkyl halides is 9. The monoisotopic (exact) mass is 569 g/mol. The standard InChI is InChI=1S/C25H20F9NO4/c26-22(27)25(33,34)39-18-8-3-5-15(11-18)13-35(14-21(36)24(30,31)32)16-6-4-7-17(12-16)37-19-9-1-2-10-20(19)38-23(28)29/h1-12,21-23,36H,13-14H2. The van der Waals surface area contributed by atoms with E-state index in [1.165, 1.54) is 60.7 Å². The topological polar surface area (TPSA) is 51.2 Å². The Hall–Kier alpha value is -3.81. The van der Waals surface area contributed by atoms with Crippen molar-refractivity contribution in [2.45, 2.75) is 38.0 Å². The summed E-state index contributed by atoms with van der Waals surface area (Å²) in [7, 11) is 0. The summed E-state index contributed by atoms with van der Waals surface area (Å²) in [5, 5.41) is 9.70. The van der Waals surface area contributed by atoms with Crippen LogP contribution in [0.1, 0.15) is 5.56 Å². The number of aliphatic hydroxyl groups excluding tert-OH is 1. The molecule has 0 aliphatic carbocycles. The molecule has 212 valence electrons. The highest BCUT2D eigenvalue weighted by molar-refractivity contribution is 5.53. The van der Waals surface area contributed by atoms with E-state index in [4.69, 9.17) is 4.74 Å². The van der Waals surface area contributed by atoms with Crippen molar-refractivity contribution in [3.8, 4) is 23.0 Å². The highest BCUT2D eigenvalue weighted by Gasteiger charge is 2.44. The number of hydrogen-bond donors (Lipinski definition) is 1. The van der Waals surface area contributed by atoms with Gasteiger partial charge in [-0.25, -0.2) is 0 Å². The van der Waals surface area contributed by atoms with Crippen LogP contribution in [-0.2, 0) is 6.54 Å². The number of hydrogen-bond acceptors (Lipinski definition) is 5. The maximum Gasteiger partial charge on any atom is 0.461 e. The molecular weight excluding hydrogens is 549 g/mol. The van der Waals surface area contributed by atoms with Gasteiger partial charge in [0.05, 0.1) is 6.54 Å². The molecule has 0 spiro atoms. The van der Waals surface area contributed by atoms with E-state index in [1.807, 2.05) is 0 Å². The Morgan fingerprint density at radius 2 is 1.41 bits per heavy atom. The molecule has 0 amide bonds. The smallest absolute Gasteiger partial charge is 0.453 e. The maximum absolute atomic E-state index is 13.3. The first-order chi connectivity index (χ1) is 18.2. The summed E-state index contributed by atoms with van der Waals surface area (Å²) in [4.78, 5) is 1.02. The molecule has 39 heavy (non-hydrogen) atoms. The summed E-state index contributed by atoms with van der Waals surface area (Å²) in [5.74, 6) is -1.10. The summed E-state index contributed by atoms with van der Waals surface area (Å²) in [6, 6.07) is 15.1. The summed E-state index contributed by atoms with van der Waals surface area (Å²) < 4.78 is 130. The number of halogens is 9. The second-order valence-corrected chi connectivity index (χ2v) is 7.97. The minimum absolute atomic E-state index is 0.00188. The Kier molecular flexibility index (Phi) is 9.43. The lowest BCUT2D eigenvalue weighted by molar-refractivity contribution is -0.253. The lowest BCUT2D eigenvalue weighted by Crippen LogP contribution is -2.40. The fourth-order valence-corrected chi connectivity index (χ4v) is 3.30. The van der Waals surface area contributed by atoms with E-state index in [0.29, 0.717) is 0 Å². The van der Waals surface area contributed by atoms with Crippen molar-refractivity contribution in [2.75, 3.05) is 11.4 Å². The predicted octanol–water partition coefficient (Wildman–Crippen LogP) is 7.25. The molecular formula is C25H20F9NO4. The van der Waals surface area contributed by atoms with Gasteiger partial charge in [0, 0.05) is 18.3 Å². The van der Waals surface area contributed by atoms with Crippen molar-refractivity contribution in [3.05, 3.63) is 78.4 Å². The average Bonchev–Trinajstić information content (AvgIpc) is 2.84. The summed E-state index contributed by atoms with van der Waals surface area (Å²) in [6.07, 6.45) is -16.8. The Bertz CT molecular complexity index is 1220. The third-order valence-electron chi connectivity index (χ3n) is 5.03. The fourth-order valence-electron chi connectivity index (χ4n) is 3.30. The van der Waals surface area contributed by atoms with Gasteiger partial charge in [0.15, 0.2) is 17.6 Å². The Labute approximate surface area is 215 Å². The van der Waals surface area contributed by atoms with Crippen LogP contribution in [0.25, 0.3) is 0 Å². The van der Waals surface area contributed by atoms with E-state index in [9.17, 15) is 44.6 Å². The fraction of sp³-hybridized carbons (Fsp3) is 0.280. The SMILES string of the molecule is OC(CN(Cc1cccc(OC(F)(F)C(F)F)c1)c1cccc(Oc2ccccc2OC(F)F)c1)C(F)(F)F. The van der Waals surface area contributed by atoms with Crippen LogP contribution in [0, 0.1) is 0 Å². The molecule has 0 aliphatic heterocycles. The molecule has 3 rings (SSSR count). The van der Waals surface area contributed by atoms with Crippen molar-refractivity contribution in [1.29, 1.82) is 0 Å². The zero-order valence-electron chi connectivity index (χ0n) is 19.6. The molecule has 14 heteroatoms. The van der Waals surface area contributed by atoms with Gasteiger partial charge < -0.3 is 24.2 Å². The molecule has 0 aromatic heterocycles. The van der Waals surface area contributed by atoms with Crippen molar-refractivity contribution in [1.82, 2.24) is 0 Å². The third-order valence-corrected chi connectivity index (χ3v) is 5.03. The highest BCUT2D eigenvalue weighted by atomic mass is 19.4. The molecule has 0 heterocycles. The Morgan fingerprint density at radius 3 is 2.05 bits per heavy atom. The highest BCUT2D eigenvalue weighted by Crippen LogP contribution is 2.35. The zero-order valence-corrected chi connectivity index (χ0v) is 19.6. The molecule has 1 unspecified atom stereocenters. The van der Waals surface area contributed by atoms with Crippen LogP contribution in [0.5, 0.6) is 23.0 Å². The molecule has 1 N–H and O–H groups in total. The third kappa shape index (κ3) is 8.60. The number of aliphatic hydroxyl groups is 1. The maximum atomic E-state index is 13.3. The van der Waals surface area contributed by atoms with Crippen LogP contribution < -0.4 is 19.1 Å². The van der Waals surface area contributed by atoms with Crippen molar-refractivity contribution < 1.29 is 58.8 Å². The molecule has 0 bridgehead atoms. The van der Waals surface area contributed by atoms with E-state index in [1.54, 1.807) is 0 Å². The summed E-state index contributed by atoms with van der Waals surface area (Å²) in [5.41, 5.74) is 0.126. The first kappa shape index (κ1) is 29.7. The van der Waals surface area contributed by atoms with Crippen LogP contribution in [0.2, 0.25) is 0 Å². The Morgan fingerprint density at radius 1 is 0.769 bits per heavy atom. The minimum atomic E-state index is -5.01. The minimum Gasteiger partial charge on any atom is -0.453 e. The van der Waals surface area contributed by atoms with Gasteiger partial charge in [-0.1, -0.05) is 30.3 Å². The largest absolute Gasteiger partial charge is 0.461 e. The van der Waals surface area contributed by atoms with Gasteiger partial charge >= 0.3 is 25.3 Å². The first-order valence-electron chi connectivity index (χ1n) is 11.0. The van der Waals surface area contributed by atoms with Crippen LogP contribution in [0.15, 0.2) is 72.8 Å². The molecule has 3 aromatic carbocycles. The van der Waals surface area contributed by atoms with E-state index in [0.717, 1.165) is 17.0 Å². The number of rotatable bonds is 12. The van der Waals surface area contributed by atoms with E-state index in [2.05, 4.69) is 9.47 Å². The molecule has 0 aliphatic rings. The summed E-state index contributed by atoms with van der Waals surface area (Å²) in [6.45, 7) is -4.59. The average molecular weight is 569 g/mol. The van der Waals surface area contributed by atoms with Crippen LogP contribution in [0.3, 0.4) is 0 Å². The van der Waals surface area contributed by atoms with Crippen LogP contribution in [-0.4, -0.2) is 43.1 Å². The number of ether oxygens (including phenoxy) is 3. The number of para-hydroxylation sites is 2. The molecule has 0 saturated carbocycles. The molecule has 0 saturated heterocycles. The van der Waals surface area contributed by atoms with Crippen molar-refractivity contribution >= 4 is 5.69 Å². The lowest BCUT2D eigenvalue weighted by atomic mass is 10.1. The number of benzene rings is 3. The van der Waals surface area contributed by atoms with Gasteiger partial charge in [0.1, 0.15) is 11.5 Å². The van der Waals surface area contributed by atoms with Crippen molar-refractivity contribution in [3.63, 3.8) is 0 Å². The number of anilines is 1.